The lowest BCUT2D eigenvalue weighted by Crippen LogP contribution is -2.50. The van der Waals surface area contributed by atoms with Crippen molar-refractivity contribution in [3.05, 3.63) is 0 Å². The van der Waals surface area contributed by atoms with Crippen molar-refractivity contribution in [2.75, 3.05) is 13.2 Å². The zero-order valence-corrected chi connectivity index (χ0v) is 8.04. The Hall–Kier alpha value is -0.120. The number of hydrogen-bond donors (Lipinski definition) is 2. The molecular formula is C10H19NO2. The Morgan fingerprint density at radius 1 is 1.23 bits per heavy atom. The van der Waals surface area contributed by atoms with Crippen LogP contribution in [-0.2, 0) is 4.74 Å². The van der Waals surface area contributed by atoms with Gasteiger partial charge in [-0.1, -0.05) is 0 Å². The van der Waals surface area contributed by atoms with Gasteiger partial charge in [-0.25, -0.2) is 0 Å². The molecule has 2 fully saturated rings. The molecule has 0 bridgehead atoms. The van der Waals surface area contributed by atoms with E-state index in [0.29, 0.717) is 5.92 Å². The molecule has 0 aromatic heterocycles. The number of aliphatic hydroxyl groups excluding tert-OH is 1. The number of ether oxygens (including phenoxy) is 1. The van der Waals surface area contributed by atoms with Gasteiger partial charge in [-0.3, -0.25) is 0 Å². The molecule has 2 rings (SSSR count). The van der Waals surface area contributed by atoms with Gasteiger partial charge in [0.2, 0.25) is 0 Å². The van der Waals surface area contributed by atoms with Crippen LogP contribution in [0.4, 0.5) is 0 Å². The molecule has 0 radical (unpaired) electrons. The van der Waals surface area contributed by atoms with Gasteiger partial charge in [-0.15, -0.1) is 0 Å². The fourth-order valence-corrected chi connectivity index (χ4v) is 2.54. The second kappa shape index (κ2) is 3.56. The molecule has 0 spiro atoms. The molecule has 1 atom stereocenters. The normalized spacial score (nSPS) is 46.6. The second-order valence-electron chi connectivity index (χ2n) is 4.52. The summed E-state index contributed by atoms with van der Waals surface area (Å²) in [6.07, 6.45) is 4.65. The Bertz CT molecular complexity index is 170. The Balaban J connectivity index is 1.95. The minimum Gasteiger partial charge on any atom is -0.393 e. The number of hydrogen-bond acceptors (Lipinski definition) is 3. The van der Waals surface area contributed by atoms with E-state index >= 15 is 0 Å². The summed E-state index contributed by atoms with van der Waals surface area (Å²) in [6, 6.07) is 0. The van der Waals surface area contributed by atoms with Crippen LogP contribution in [0.3, 0.4) is 0 Å². The first kappa shape index (κ1) is 9.44. The Kier molecular flexibility index (Phi) is 2.58. The molecule has 1 saturated carbocycles. The van der Waals surface area contributed by atoms with Gasteiger partial charge in [-0.2, -0.15) is 0 Å². The third kappa shape index (κ3) is 1.87. The van der Waals surface area contributed by atoms with Gasteiger partial charge >= 0.3 is 0 Å². The van der Waals surface area contributed by atoms with Crippen LogP contribution in [0.15, 0.2) is 0 Å². The summed E-state index contributed by atoms with van der Waals surface area (Å²) in [7, 11) is 0. The van der Waals surface area contributed by atoms with Gasteiger partial charge in [0.15, 0.2) is 0 Å². The second-order valence-corrected chi connectivity index (χ2v) is 4.52. The van der Waals surface area contributed by atoms with E-state index < -0.39 is 0 Å². The first-order valence-corrected chi connectivity index (χ1v) is 5.25. The molecule has 0 aromatic rings. The van der Waals surface area contributed by atoms with Gasteiger partial charge < -0.3 is 15.6 Å². The van der Waals surface area contributed by atoms with Crippen LogP contribution in [-0.4, -0.2) is 30.0 Å². The quantitative estimate of drug-likeness (QED) is 0.631. The molecule has 3 heteroatoms. The summed E-state index contributed by atoms with van der Waals surface area (Å²) < 4.78 is 5.36. The van der Waals surface area contributed by atoms with Gasteiger partial charge in [0.25, 0.3) is 0 Å². The molecule has 1 aliphatic heterocycles. The van der Waals surface area contributed by atoms with Crippen molar-refractivity contribution in [2.45, 2.75) is 43.7 Å². The lowest BCUT2D eigenvalue weighted by molar-refractivity contribution is 0.0688. The van der Waals surface area contributed by atoms with E-state index in [2.05, 4.69) is 0 Å². The van der Waals surface area contributed by atoms with Crippen LogP contribution in [0.2, 0.25) is 0 Å². The average molecular weight is 185 g/mol. The van der Waals surface area contributed by atoms with Crippen LogP contribution < -0.4 is 5.73 Å². The maximum absolute atomic E-state index is 9.40. The van der Waals surface area contributed by atoms with Crippen molar-refractivity contribution in [2.24, 2.45) is 11.7 Å². The van der Waals surface area contributed by atoms with Crippen molar-refractivity contribution in [1.29, 1.82) is 0 Å². The third-order valence-electron chi connectivity index (χ3n) is 3.63. The van der Waals surface area contributed by atoms with E-state index in [1.807, 2.05) is 0 Å². The average Bonchev–Trinajstić information content (AvgIpc) is 2.63. The lowest BCUT2D eigenvalue weighted by Gasteiger charge is -2.39. The van der Waals surface area contributed by atoms with Crippen molar-refractivity contribution in [3.8, 4) is 0 Å². The van der Waals surface area contributed by atoms with Crippen LogP contribution >= 0.6 is 0 Å². The highest BCUT2D eigenvalue weighted by molar-refractivity contribution is 4.96. The number of aliphatic hydroxyl groups is 1. The molecule has 1 saturated heterocycles. The fourth-order valence-electron chi connectivity index (χ4n) is 2.54. The third-order valence-corrected chi connectivity index (χ3v) is 3.63. The smallest absolute Gasteiger partial charge is 0.0541 e. The molecule has 1 heterocycles. The lowest BCUT2D eigenvalue weighted by atomic mass is 9.72. The van der Waals surface area contributed by atoms with Gasteiger partial charge in [-0.05, 0) is 32.1 Å². The van der Waals surface area contributed by atoms with E-state index in [1.54, 1.807) is 0 Å². The maximum Gasteiger partial charge on any atom is 0.0541 e. The Labute approximate surface area is 79.3 Å². The van der Waals surface area contributed by atoms with Crippen molar-refractivity contribution >= 4 is 0 Å². The van der Waals surface area contributed by atoms with E-state index in [1.165, 1.54) is 0 Å². The van der Waals surface area contributed by atoms with E-state index in [4.69, 9.17) is 10.5 Å². The van der Waals surface area contributed by atoms with Crippen LogP contribution in [0.25, 0.3) is 0 Å². The molecule has 0 aromatic carbocycles. The molecule has 3 N–H and O–H groups in total. The van der Waals surface area contributed by atoms with E-state index in [-0.39, 0.29) is 11.6 Å². The predicted molar refractivity (Wildman–Crippen MR) is 50.3 cm³/mol. The zero-order chi connectivity index (χ0) is 9.31. The first-order chi connectivity index (χ1) is 6.21. The SMILES string of the molecule is NC1(C2CCOC2)CCC(O)CC1. The van der Waals surface area contributed by atoms with E-state index in [0.717, 1.165) is 45.3 Å². The fraction of sp³-hybridized carbons (Fsp3) is 1.00. The van der Waals surface area contributed by atoms with Gasteiger partial charge in [0.05, 0.1) is 12.7 Å². The molecule has 13 heavy (non-hydrogen) atoms. The van der Waals surface area contributed by atoms with Crippen LogP contribution in [0.1, 0.15) is 32.1 Å². The molecule has 3 nitrogen and oxygen atoms in total. The van der Waals surface area contributed by atoms with Crippen molar-refractivity contribution in [3.63, 3.8) is 0 Å². The summed E-state index contributed by atoms with van der Waals surface area (Å²) in [5, 5.41) is 9.40. The number of nitrogens with two attached hydrogens (primary N) is 1. The molecule has 0 amide bonds. The van der Waals surface area contributed by atoms with E-state index in [9.17, 15) is 5.11 Å². The molecule has 76 valence electrons. The molecule has 2 aliphatic rings. The monoisotopic (exact) mass is 185 g/mol. The summed E-state index contributed by atoms with van der Waals surface area (Å²) in [4.78, 5) is 0. The van der Waals surface area contributed by atoms with Crippen molar-refractivity contribution < 1.29 is 9.84 Å². The first-order valence-electron chi connectivity index (χ1n) is 5.25. The summed E-state index contributed by atoms with van der Waals surface area (Å²) in [5.41, 5.74) is 6.29. The molecule has 1 unspecified atom stereocenters. The summed E-state index contributed by atoms with van der Waals surface area (Å²) >= 11 is 0. The van der Waals surface area contributed by atoms with Gasteiger partial charge in [0, 0.05) is 18.1 Å². The zero-order valence-electron chi connectivity index (χ0n) is 8.04. The standard InChI is InChI=1S/C10H19NO2/c11-10(8-3-6-13-7-8)4-1-9(12)2-5-10/h8-9,12H,1-7,11H2. The topological polar surface area (TPSA) is 55.5 Å². The molecule has 1 aliphatic carbocycles. The Morgan fingerprint density at radius 2 is 1.92 bits per heavy atom. The Morgan fingerprint density at radius 3 is 2.46 bits per heavy atom. The minimum absolute atomic E-state index is 0.0459. The largest absolute Gasteiger partial charge is 0.393 e. The predicted octanol–water partition coefficient (Wildman–Crippen LogP) is 0.655. The highest BCUT2D eigenvalue weighted by Crippen LogP contribution is 2.36. The summed E-state index contributed by atoms with van der Waals surface area (Å²) in [6.45, 7) is 1.69. The van der Waals surface area contributed by atoms with Gasteiger partial charge in [0.1, 0.15) is 0 Å². The highest BCUT2D eigenvalue weighted by Gasteiger charge is 2.39. The minimum atomic E-state index is -0.112. The van der Waals surface area contributed by atoms with Crippen molar-refractivity contribution in [1.82, 2.24) is 0 Å². The highest BCUT2D eigenvalue weighted by atomic mass is 16.5. The van der Waals surface area contributed by atoms with Crippen LogP contribution in [0, 0.1) is 5.92 Å². The molecular weight excluding hydrogens is 166 g/mol. The maximum atomic E-state index is 9.40. The van der Waals surface area contributed by atoms with Crippen LogP contribution in [0.5, 0.6) is 0 Å². The number of rotatable bonds is 1. The summed E-state index contributed by atoms with van der Waals surface area (Å²) in [5.74, 6) is 0.528.